The van der Waals surface area contributed by atoms with Crippen LogP contribution < -0.4 is 0 Å². The van der Waals surface area contributed by atoms with Gasteiger partial charge in [0.05, 0.1) is 12.5 Å². The molecule has 92 valence electrons. The van der Waals surface area contributed by atoms with Crippen molar-refractivity contribution in [3.63, 3.8) is 0 Å². The second-order valence-electron chi connectivity index (χ2n) is 4.63. The summed E-state index contributed by atoms with van der Waals surface area (Å²) in [5, 5.41) is 18.8. The number of carboxylic acids is 1. The second kappa shape index (κ2) is 5.38. The van der Waals surface area contributed by atoms with Crippen LogP contribution in [0.15, 0.2) is 0 Å². The van der Waals surface area contributed by atoms with Crippen LogP contribution in [0, 0.1) is 0 Å². The molecular formula is C11H19NO3S. The summed E-state index contributed by atoms with van der Waals surface area (Å²) < 4.78 is 0. The van der Waals surface area contributed by atoms with Gasteiger partial charge < -0.3 is 10.2 Å². The third-order valence-corrected chi connectivity index (χ3v) is 4.64. The van der Waals surface area contributed by atoms with Crippen molar-refractivity contribution in [3.05, 3.63) is 0 Å². The van der Waals surface area contributed by atoms with E-state index in [2.05, 4.69) is 4.90 Å². The zero-order chi connectivity index (χ0) is 11.5. The van der Waals surface area contributed by atoms with Crippen LogP contribution in [0.3, 0.4) is 0 Å². The maximum atomic E-state index is 10.8. The van der Waals surface area contributed by atoms with Gasteiger partial charge >= 0.3 is 5.97 Å². The van der Waals surface area contributed by atoms with Crippen molar-refractivity contribution in [2.75, 3.05) is 18.1 Å². The first kappa shape index (κ1) is 12.2. The molecule has 0 amide bonds. The molecule has 0 spiro atoms. The van der Waals surface area contributed by atoms with Crippen molar-refractivity contribution < 1.29 is 15.0 Å². The molecule has 2 N–H and O–H groups in total. The van der Waals surface area contributed by atoms with Crippen molar-refractivity contribution in [2.45, 2.75) is 43.9 Å². The molecule has 2 aliphatic rings. The number of carbonyl (C=O) groups is 1. The highest BCUT2D eigenvalue weighted by Gasteiger charge is 2.36. The molecule has 1 heterocycles. The number of carboxylic acid groups (broad SMARTS) is 1. The Balaban J connectivity index is 2.00. The lowest BCUT2D eigenvalue weighted by molar-refractivity contribution is -0.138. The summed E-state index contributed by atoms with van der Waals surface area (Å²) >= 11 is 1.82. The maximum Gasteiger partial charge on any atom is 0.304 e. The lowest BCUT2D eigenvalue weighted by Crippen LogP contribution is -2.51. The van der Waals surface area contributed by atoms with Gasteiger partial charge in [-0.05, 0) is 19.3 Å². The zero-order valence-corrected chi connectivity index (χ0v) is 10.2. The van der Waals surface area contributed by atoms with Gasteiger partial charge in [-0.3, -0.25) is 9.69 Å². The van der Waals surface area contributed by atoms with E-state index in [1.807, 2.05) is 11.8 Å². The van der Waals surface area contributed by atoms with E-state index in [0.29, 0.717) is 0 Å². The summed E-state index contributed by atoms with van der Waals surface area (Å²) in [5.41, 5.74) is 0. The van der Waals surface area contributed by atoms with Gasteiger partial charge in [-0.25, -0.2) is 0 Å². The van der Waals surface area contributed by atoms with E-state index >= 15 is 0 Å². The maximum absolute atomic E-state index is 10.8. The molecule has 0 radical (unpaired) electrons. The van der Waals surface area contributed by atoms with Crippen molar-refractivity contribution in [3.8, 4) is 0 Å². The second-order valence-corrected chi connectivity index (χ2v) is 5.78. The first-order chi connectivity index (χ1) is 7.68. The normalized spacial score (nSPS) is 36.4. The fourth-order valence-electron chi connectivity index (χ4n) is 2.79. The van der Waals surface area contributed by atoms with Gasteiger partial charge in [0.25, 0.3) is 0 Å². The van der Waals surface area contributed by atoms with Crippen molar-refractivity contribution in [1.82, 2.24) is 4.90 Å². The molecule has 1 aliphatic heterocycles. The highest BCUT2D eigenvalue weighted by atomic mass is 32.2. The third-order valence-electron chi connectivity index (χ3n) is 3.55. The minimum Gasteiger partial charge on any atom is -0.481 e. The molecule has 2 rings (SSSR count). The van der Waals surface area contributed by atoms with E-state index in [4.69, 9.17) is 5.11 Å². The van der Waals surface area contributed by atoms with Gasteiger partial charge in [0.2, 0.25) is 0 Å². The Morgan fingerprint density at radius 2 is 2.25 bits per heavy atom. The van der Waals surface area contributed by atoms with Crippen LogP contribution in [0.25, 0.3) is 0 Å². The molecule has 0 aromatic rings. The number of aliphatic hydroxyl groups is 1. The van der Waals surface area contributed by atoms with Crippen LogP contribution >= 0.6 is 11.8 Å². The van der Waals surface area contributed by atoms with Gasteiger partial charge in [-0.1, -0.05) is 0 Å². The minimum absolute atomic E-state index is 0.106. The Morgan fingerprint density at radius 3 is 2.88 bits per heavy atom. The van der Waals surface area contributed by atoms with E-state index in [9.17, 15) is 9.90 Å². The topological polar surface area (TPSA) is 60.8 Å². The SMILES string of the molecule is O=C(O)CC1CSCCN1C1CCCC1O. The summed E-state index contributed by atoms with van der Waals surface area (Å²) in [7, 11) is 0. The van der Waals surface area contributed by atoms with Crippen LogP contribution in [-0.2, 0) is 4.79 Å². The first-order valence-corrected chi connectivity index (χ1v) is 7.07. The van der Waals surface area contributed by atoms with E-state index in [-0.39, 0.29) is 24.6 Å². The highest BCUT2D eigenvalue weighted by molar-refractivity contribution is 7.99. The molecule has 3 atom stereocenters. The first-order valence-electron chi connectivity index (χ1n) is 5.92. The summed E-state index contributed by atoms with van der Waals surface area (Å²) in [6.07, 6.45) is 2.90. The fourth-order valence-corrected chi connectivity index (χ4v) is 3.88. The predicted molar refractivity (Wildman–Crippen MR) is 63.7 cm³/mol. The molecule has 1 saturated heterocycles. The van der Waals surface area contributed by atoms with Crippen LogP contribution in [0.2, 0.25) is 0 Å². The number of rotatable bonds is 3. The predicted octanol–water partition coefficient (Wildman–Crippen LogP) is 0.792. The number of nitrogens with zero attached hydrogens (tertiary/aromatic N) is 1. The Labute approximate surface area is 100 Å². The van der Waals surface area contributed by atoms with Crippen molar-refractivity contribution in [2.24, 2.45) is 0 Å². The van der Waals surface area contributed by atoms with Crippen molar-refractivity contribution in [1.29, 1.82) is 0 Å². The van der Waals surface area contributed by atoms with E-state index in [1.165, 1.54) is 0 Å². The Kier molecular flexibility index (Phi) is 4.10. The number of thioether (sulfide) groups is 1. The highest BCUT2D eigenvalue weighted by Crippen LogP contribution is 2.30. The van der Waals surface area contributed by atoms with Gasteiger partial charge in [0.1, 0.15) is 0 Å². The van der Waals surface area contributed by atoms with Crippen LogP contribution in [-0.4, -0.2) is 57.3 Å². The monoisotopic (exact) mass is 245 g/mol. The Morgan fingerprint density at radius 1 is 1.44 bits per heavy atom. The number of hydrogen-bond acceptors (Lipinski definition) is 4. The molecule has 0 aromatic carbocycles. The number of aliphatic hydroxyl groups excluding tert-OH is 1. The standard InChI is InChI=1S/C11H19NO3S/c13-10-3-1-2-9(10)12-4-5-16-7-8(12)6-11(14)15/h8-10,13H,1-7H2,(H,14,15). The lowest BCUT2D eigenvalue weighted by Gasteiger charge is -2.40. The molecule has 4 nitrogen and oxygen atoms in total. The number of aliphatic carboxylic acids is 1. The summed E-state index contributed by atoms with van der Waals surface area (Å²) in [5.74, 6) is 1.21. The Bertz CT molecular complexity index is 262. The molecule has 2 fully saturated rings. The molecule has 16 heavy (non-hydrogen) atoms. The summed E-state index contributed by atoms with van der Waals surface area (Å²) in [4.78, 5) is 13.0. The smallest absolute Gasteiger partial charge is 0.304 e. The average molecular weight is 245 g/mol. The average Bonchev–Trinajstić information content (AvgIpc) is 2.64. The number of hydrogen-bond donors (Lipinski definition) is 2. The summed E-state index contributed by atoms with van der Waals surface area (Å²) in [6, 6.07) is 0.305. The quantitative estimate of drug-likeness (QED) is 0.770. The van der Waals surface area contributed by atoms with Crippen LogP contribution in [0.1, 0.15) is 25.7 Å². The molecule has 5 heteroatoms. The van der Waals surface area contributed by atoms with E-state index in [0.717, 1.165) is 37.3 Å². The molecule has 3 unspecified atom stereocenters. The largest absolute Gasteiger partial charge is 0.481 e. The van der Waals surface area contributed by atoms with Gasteiger partial charge in [-0.2, -0.15) is 11.8 Å². The van der Waals surface area contributed by atoms with E-state index in [1.54, 1.807) is 0 Å². The van der Waals surface area contributed by atoms with Gasteiger partial charge in [-0.15, -0.1) is 0 Å². The third kappa shape index (κ3) is 2.70. The van der Waals surface area contributed by atoms with Gasteiger partial charge in [0, 0.05) is 30.1 Å². The molecule has 1 aliphatic carbocycles. The zero-order valence-electron chi connectivity index (χ0n) is 9.34. The molecule has 0 aromatic heterocycles. The van der Waals surface area contributed by atoms with Crippen LogP contribution in [0.4, 0.5) is 0 Å². The molecular weight excluding hydrogens is 226 g/mol. The summed E-state index contributed by atoms with van der Waals surface area (Å²) in [6.45, 7) is 0.921. The van der Waals surface area contributed by atoms with Crippen molar-refractivity contribution >= 4 is 17.7 Å². The van der Waals surface area contributed by atoms with Crippen LogP contribution in [0.5, 0.6) is 0 Å². The molecule has 1 saturated carbocycles. The Hall–Kier alpha value is -0.260. The molecule has 0 bridgehead atoms. The lowest BCUT2D eigenvalue weighted by atomic mass is 10.1. The van der Waals surface area contributed by atoms with E-state index < -0.39 is 5.97 Å². The fraction of sp³-hybridized carbons (Fsp3) is 0.909. The minimum atomic E-state index is -0.731. The van der Waals surface area contributed by atoms with Gasteiger partial charge in [0.15, 0.2) is 0 Å².